The summed E-state index contributed by atoms with van der Waals surface area (Å²) in [7, 11) is 0. The molecule has 2 aromatic heterocycles. The van der Waals surface area contributed by atoms with E-state index in [-0.39, 0.29) is 30.2 Å². The lowest BCUT2D eigenvalue weighted by molar-refractivity contribution is -0.116. The highest BCUT2D eigenvalue weighted by Gasteiger charge is 2.41. The van der Waals surface area contributed by atoms with E-state index < -0.39 is 0 Å². The maximum absolute atomic E-state index is 14.7. The Morgan fingerprint density at radius 1 is 1.16 bits per heavy atom. The van der Waals surface area contributed by atoms with E-state index in [1.807, 2.05) is 53.4 Å². The summed E-state index contributed by atoms with van der Waals surface area (Å²) in [4.78, 5) is 19.4. The summed E-state index contributed by atoms with van der Waals surface area (Å²) < 4.78 is 21.5. The molecule has 6 nitrogen and oxygen atoms in total. The zero-order chi connectivity index (χ0) is 26.6. The third-order valence-corrected chi connectivity index (χ3v) is 7.41. The van der Waals surface area contributed by atoms with Crippen molar-refractivity contribution in [2.75, 3.05) is 11.9 Å². The van der Waals surface area contributed by atoms with Crippen LogP contribution in [0, 0.1) is 5.82 Å². The van der Waals surface area contributed by atoms with E-state index in [2.05, 4.69) is 38.5 Å². The molecule has 0 bridgehead atoms. The molecular weight excluding hydrogens is 567 g/mol. The highest BCUT2D eigenvalue weighted by atomic mass is 79.9. The zero-order valence-electron chi connectivity index (χ0n) is 20.7. The number of rotatable bonds is 8. The number of furan rings is 1. The lowest BCUT2D eigenvalue weighted by Crippen LogP contribution is -2.32. The van der Waals surface area contributed by atoms with E-state index >= 15 is 0 Å². The summed E-state index contributed by atoms with van der Waals surface area (Å²) >= 11 is 8.99. The van der Waals surface area contributed by atoms with E-state index in [1.165, 1.54) is 6.07 Å². The second-order valence-corrected chi connectivity index (χ2v) is 10.3. The van der Waals surface area contributed by atoms with E-state index in [9.17, 15) is 9.18 Å². The third-order valence-electron chi connectivity index (χ3n) is 6.56. The number of carbonyl (C=O) groups is 1. The van der Waals surface area contributed by atoms with Crippen molar-refractivity contribution in [1.29, 1.82) is 0 Å². The molecule has 194 valence electrons. The standard InChI is InChI=1S/C29H26BrFN4O2S/c1-2-18-7-3-4-8-22(18)33-26(36)14-16-35-28(27(34-29(35)38)23-9-5-6-15-32-23)25-13-12-24(37-25)20-11-10-19(30)17-21(20)31/h3-13,15,17,27-28H,2,14,16H2,1H3,(H,33,36)(H,34,38)/t27-,28-/m0/s1. The van der Waals surface area contributed by atoms with E-state index in [4.69, 9.17) is 16.6 Å². The Bertz CT molecular complexity index is 1460. The number of aryl methyl sites for hydroxylation is 1. The first-order valence-electron chi connectivity index (χ1n) is 12.4. The Hall–Kier alpha value is -3.56. The molecule has 0 radical (unpaired) electrons. The average Bonchev–Trinajstić information content (AvgIpc) is 3.52. The first-order chi connectivity index (χ1) is 18.4. The molecule has 1 amide bonds. The Labute approximate surface area is 234 Å². The Morgan fingerprint density at radius 2 is 1.97 bits per heavy atom. The number of carbonyl (C=O) groups excluding carboxylic acids is 1. The molecule has 2 atom stereocenters. The molecule has 1 aliphatic heterocycles. The maximum atomic E-state index is 14.7. The zero-order valence-corrected chi connectivity index (χ0v) is 23.1. The van der Waals surface area contributed by atoms with Crippen LogP contribution in [-0.2, 0) is 11.2 Å². The van der Waals surface area contributed by atoms with Crippen LogP contribution in [0.25, 0.3) is 11.3 Å². The van der Waals surface area contributed by atoms with Gasteiger partial charge in [0.05, 0.1) is 17.3 Å². The van der Waals surface area contributed by atoms with Crippen molar-refractivity contribution >= 4 is 44.9 Å². The Morgan fingerprint density at radius 3 is 2.74 bits per heavy atom. The van der Waals surface area contributed by atoms with Crippen molar-refractivity contribution in [2.24, 2.45) is 0 Å². The highest BCUT2D eigenvalue weighted by Crippen LogP contribution is 2.41. The molecule has 2 aromatic carbocycles. The minimum absolute atomic E-state index is 0.106. The van der Waals surface area contributed by atoms with Crippen molar-refractivity contribution in [2.45, 2.75) is 31.8 Å². The van der Waals surface area contributed by atoms with Crippen LogP contribution in [0.15, 0.2) is 87.9 Å². The summed E-state index contributed by atoms with van der Waals surface area (Å²) in [6.07, 6.45) is 2.77. The SMILES string of the molecule is CCc1ccccc1NC(=O)CCN1C(=S)N[C@@H](c2ccccn2)[C@@H]1c1ccc(-c2ccc(Br)cc2F)o1. The van der Waals surface area contributed by atoms with Crippen molar-refractivity contribution in [3.8, 4) is 11.3 Å². The molecule has 0 spiro atoms. The molecule has 0 aliphatic carbocycles. The van der Waals surface area contributed by atoms with Gasteiger partial charge in [-0.05, 0) is 72.7 Å². The quantitative estimate of drug-likeness (QED) is 0.219. The largest absolute Gasteiger partial charge is 0.459 e. The number of halogens is 2. The molecule has 5 rings (SSSR count). The lowest BCUT2D eigenvalue weighted by Gasteiger charge is -2.26. The molecule has 4 aromatic rings. The van der Waals surface area contributed by atoms with Crippen LogP contribution < -0.4 is 10.6 Å². The second-order valence-electron chi connectivity index (χ2n) is 8.96. The van der Waals surface area contributed by atoms with Crippen LogP contribution in [0.5, 0.6) is 0 Å². The van der Waals surface area contributed by atoms with E-state index in [0.29, 0.717) is 33.2 Å². The van der Waals surface area contributed by atoms with E-state index in [1.54, 1.807) is 24.4 Å². The van der Waals surface area contributed by atoms with Gasteiger partial charge < -0.3 is 20.0 Å². The Balaban J connectivity index is 1.41. The second kappa shape index (κ2) is 11.4. The molecule has 1 aliphatic rings. The number of aromatic nitrogens is 1. The number of nitrogens with zero attached hydrogens (tertiary/aromatic N) is 2. The number of hydrogen-bond acceptors (Lipinski definition) is 4. The predicted octanol–water partition coefficient (Wildman–Crippen LogP) is 6.81. The van der Waals surface area contributed by atoms with Crippen LogP contribution in [0.4, 0.5) is 10.1 Å². The first-order valence-corrected chi connectivity index (χ1v) is 13.6. The van der Waals surface area contributed by atoms with Crippen molar-refractivity contribution in [3.63, 3.8) is 0 Å². The summed E-state index contributed by atoms with van der Waals surface area (Å²) in [6, 6.07) is 21.2. The molecule has 38 heavy (non-hydrogen) atoms. The van der Waals surface area contributed by atoms with Gasteiger partial charge in [0.1, 0.15) is 23.4 Å². The first kappa shape index (κ1) is 26.1. The summed E-state index contributed by atoms with van der Waals surface area (Å²) in [5.74, 6) is 0.520. The molecule has 9 heteroatoms. The fourth-order valence-electron chi connectivity index (χ4n) is 4.69. The van der Waals surface area contributed by atoms with Crippen LogP contribution in [-0.4, -0.2) is 27.4 Å². The highest BCUT2D eigenvalue weighted by molar-refractivity contribution is 9.10. The number of para-hydroxylation sites is 1. The number of thiocarbonyl (C=S) groups is 1. The number of nitrogens with one attached hydrogen (secondary N) is 2. The van der Waals surface area contributed by atoms with Gasteiger partial charge in [0.25, 0.3) is 0 Å². The van der Waals surface area contributed by atoms with Gasteiger partial charge in [0, 0.05) is 29.3 Å². The number of pyridine rings is 1. The molecule has 1 fully saturated rings. The van der Waals surface area contributed by atoms with Gasteiger partial charge in [0.2, 0.25) is 5.91 Å². The fourth-order valence-corrected chi connectivity index (χ4v) is 5.35. The van der Waals surface area contributed by atoms with Gasteiger partial charge >= 0.3 is 0 Å². The smallest absolute Gasteiger partial charge is 0.226 e. The summed E-state index contributed by atoms with van der Waals surface area (Å²) in [6.45, 7) is 2.42. The number of anilines is 1. The van der Waals surface area contributed by atoms with Gasteiger partial charge in [-0.25, -0.2) is 4.39 Å². The minimum atomic E-state index is -0.387. The van der Waals surface area contributed by atoms with Crippen LogP contribution >= 0.6 is 28.1 Å². The predicted molar refractivity (Wildman–Crippen MR) is 153 cm³/mol. The van der Waals surface area contributed by atoms with Crippen LogP contribution in [0.1, 0.15) is 42.4 Å². The molecular formula is C29H26BrFN4O2S. The molecule has 2 N–H and O–H groups in total. The topological polar surface area (TPSA) is 70.4 Å². The molecule has 1 saturated heterocycles. The lowest BCUT2D eigenvalue weighted by atomic mass is 10.0. The van der Waals surface area contributed by atoms with Crippen molar-refractivity contribution < 1.29 is 13.6 Å². The van der Waals surface area contributed by atoms with Gasteiger partial charge in [-0.2, -0.15) is 0 Å². The third kappa shape index (κ3) is 5.49. The number of benzene rings is 2. The molecule has 3 heterocycles. The van der Waals surface area contributed by atoms with E-state index in [0.717, 1.165) is 23.4 Å². The normalized spacial score (nSPS) is 16.9. The van der Waals surface area contributed by atoms with Gasteiger partial charge in [0.15, 0.2) is 5.11 Å². The number of hydrogen-bond donors (Lipinski definition) is 2. The average molecular weight is 594 g/mol. The van der Waals surface area contributed by atoms with Gasteiger partial charge in [-0.3, -0.25) is 9.78 Å². The molecule has 0 unspecified atom stereocenters. The van der Waals surface area contributed by atoms with Gasteiger partial charge in [-0.15, -0.1) is 0 Å². The van der Waals surface area contributed by atoms with Crippen LogP contribution in [0.3, 0.4) is 0 Å². The number of amides is 1. The summed E-state index contributed by atoms with van der Waals surface area (Å²) in [5.41, 5.74) is 3.05. The minimum Gasteiger partial charge on any atom is -0.459 e. The Kier molecular flexibility index (Phi) is 7.85. The van der Waals surface area contributed by atoms with Crippen LogP contribution in [0.2, 0.25) is 0 Å². The van der Waals surface area contributed by atoms with Gasteiger partial charge in [-0.1, -0.05) is 47.1 Å². The fraction of sp³-hybridized carbons (Fsp3) is 0.207. The monoisotopic (exact) mass is 592 g/mol. The van der Waals surface area contributed by atoms with Crippen molar-refractivity contribution in [3.05, 3.63) is 106 Å². The van der Waals surface area contributed by atoms with Crippen molar-refractivity contribution in [1.82, 2.24) is 15.2 Å². The summed E-state index contributed by atoms with van der Waals surface area (Å²) in [5, 5.41) is 6.87. The molecule has 0 saturated carbocycles. The maximum Gasteiger partial charge on any atom is 0.226 e.